The Morgan fingerprint density at radius 1 is 1.02 bits per heavy atom. The largest absolute Gasteiger partial charge is 0.497 e. The fraction of sp³-hybridized carbons (Fsp3) is 0.594. The van der Waals surface area contributed by atoms with Crippen molar-refractivity contribution in [3.63, 3.8) is 0 Å². The smallest absolute Gasteiger partial charge is 0.248 e. The van der Waals surface area contributed by atoms with Gasteiger partial charge in [0, 0.05) is 65.4 Å². The van der Waals surface area contributed by atoms with Crippen LogP contribution in [-0.2, 0) is 27.1 Å². The molecular formula is C32H48N4O4S. The molecule has 226 valence electrons. The van der Waals surface area contributed by atoms with Gasteiger partial charge in [-0.15, -0.1) is 0 Å². The lowest BCUT2D eigenvalue weighted by Crippen LogP contribution is -2.53. The van der Waals surface area contributed by atoms with Gasteiger partial charge in [-0.3, -0.25) is 14.6 Å². The summed E-state index contributed by atoms with van der Waals surface area (Å²) in [5.74, 6) is 0.786. The minimum absolute atomic E-state index is 0.0222. The number of rotatable bonds is 12. The number of hydrogen-bond acceptors (Lipinski definition) is 6. The molecule has 9 heteroatoms. The van der Waals surface area contributed by atoms with Gasteiger partial charge in [0.1, 0.15) is 23.3 Å². The van der Waals surface area contributed by atoms with Crippen molar-refractivity contribution in [2.24, 2.45) is 0 Å². The molecule has 0 radical (unpaired) electrons. The van der Waals surface area contributed by atoms with E-state index in [9.17, 15) is 9.00 Å². The number of benzene rings is 2. The van der Waals surface area contributed by atoms with E-state index >= 15 is 0 Å². The van der Waals surface area contributed by atoms with Crippen LogP contribution in [0.1, 0.15) is 42.4 Å². The zero-order chi connectivity index (χ0) is 29.4. The summed E-state index contributed by atoms with van der Waals surface area (Å²) in [7, 11) is 4.06. The molecule has 1 amide bonds. The zero-order valence-electron chi connectivity index (χ0n) is 25.5. The van der Waals surface area contributed by atoms with E-state index in [4.69, 9.17) is 9.47 Å². The second kappa shape index (κ2) is 15.3. The average Bonchev–Trinajstić information content (AvgIpc) is 2.99. The Hall–Kier alpha value is -2.30. The van der Waals surface area contributed by atoms with Crippen molar-refractivity contribution < 1.29 is 18.5 Å². The minimum Gasteiger partial charge on any atom is -0.497 e. The molecule has 1 aliphatic carbocycles. The fourth-order valence-corrected chi connectivity index (χ4v) is 7.37. The second-order valence-corrected chi connectivity index (χ2v) is 13.1. The molecule has 8 nitrogen and oxygen atoms in total. The summed E-state index contributed by atoms with van der Waals surface area (Å²) in [6.45, 7) is 10.2. The Labute approximate surface area is 249 Å². The van der Waals surface area contributed by atoms with E-state index in [1.54, 1.807) is 11.4 Å². The van der Waals surface area contributed by atoms with E-state index in [-0.39, 0.29) is 18.6 Å². The standard InChI is InChI=1S/C32H48N4O4S/c1-25-20-30(39-5)21-26(2)32(25)41(38)33(3)18-19-40-24-31(37)34(4)28-12-9-13-29(22-28)36-16-14-35(15-17-36)23-27-10-7-6-8-11-27/h6-8,10-11,20-21,28-29H,9,12-19,22-24H2,1-5H3/t28-,29?,41?/m1/s1. The fourth-order valence-electron chi connectivity index (χ4n) is 6.15. The third-order valence-corrected chi connectivity index (χ3v) is 10.4. The first kappa shape index (κ1) is 31.6. The van der Waals surface area contributed by atoms with Crippen LogP contribution in [0.4, 0.5) is 0 Å². The molecule has 41 heavy (non-hydrogen) atoms. The number of methoxy groups -OCH3 is 1. The first-order valence-corrected chi connectivity index (χ1v) is 16.0. The van der Waals surface area contributed by atoms with Gasteiger partial charge < -0.3 is 14.4 Å². The summed E-state index contributed by atoms with van der Waals surface area (Å²) < 4.78 is 26.0. The molecule has 2 unspecified atom stereocenters. The Morgan fingerprint density at radius 2 is 1.71 bits per heavy atom. The van der Waals surface area contributed by atoms with Crippen molar-refractivity contribution in [3.05, 3.63) is 59.2 Å². The maximum Gasteiger partial charge on any atom is 0.248 e. The van der Waals surface area contributed by atoms with Crippen molar-refractivity contribution in [3.8, 4) is 5.75 Å². The van der Waals surface area contributed by atoms with Crippen molar-refractivity contribution in [2.45, 2.75) is 63.1 Å². The van der Waals surface area contributed by atoms with Gasteiger partial charge in [-0.25, -0.2) is 8.51 Å². The number of carbonyl (C=O) groups is 1. The van der Waals surface area contributed by atoms with E-state index in [0.29, 0.717) is 19.2 Å². The molecule has 1 saturated carbocycles. The minimum atomic E-state index is -1.31. The summed E-state index contributed by atoms with van der Waals surface area (Å²) in [6, 6.07) is 15.3. The van der Waals surface area contributed by atoms with Crippen LogP contribution in [0.15, 0.2) is 47.4 Å². The molecule has 1 aliphatic heterocycles. The van der Waals surface area contributed by atoms with Crippen LogP contribution in [0.3, 0.4) is 0 Å². The predicted octanol–water partition coefficient (Wildman–Crippen LogP) is 3.87. The highest BCUT2D eigenvalue weighted by atomic mass is 32.2. The maximum atomic E-state index is 13.1. The van der Waals surface area contributed by atoms with E-state index < -0.39 is 11.0 Å². The van der Waals surface area contributed by atoms with Crippen molar-refractivity contribution in [1.29, 1.82) is 0 Å². The highest BCUT2D eigenvalue weighted by Gasteiger charge is 2.32. The second-order valence-electron chi connectivity index (χ2n) is 11.5. The van der Waals surface area contributed by atoms with E-state index in [1.807, 2.05) is 45.0 Å². The topological polar surface area (TPSA) is 65.6 Å². The van der Waals surface area contributed by atoms with Gasteiger partial charge in [0.05, 0.1) is 18.6 Å². The zero-order valence-corrected chi connectivity index (χ0v) is 26.3. The van der Waals surface area contributed by atoms with Crippen LogP contribution in [0, 0.1) is 13.8 Å². The number of piperazine rings is 1. The molecule has 1 heterocycles. The highest BCUT2D eigenvalue weighted by Crippen LogP contribution is 2.28. The first-order valence-electron chi connectivity index (χ1n) is 14.9. The summed E-state index contributed by atoms with van der Waals surface area (Å²) >= 11 is 0. The number of amides is 1. The van der Waals surface area contributed by atoms with Crippen molar-refractivity contribution in [2.75, 3.05) is 67.1 Å². The summed E-state index contributed by atoms with van der Waals surface area (Å²) in [5, 5.41) is 0. The summed E-state index contributed by atoms with van der Waals surface area (Å²) in [4.78, 5) is 20.9. The average molecular weight is 585 g/mol. The molecule has 0 spiro atoms. The van der Waals surface area contributed by atoms with Crippen LogP contribution < -0.4 is 4.74 Å². The van der Waals surface area contributed by atoms with Crippen molar-refractivity contribution in [1.82, 2.24) is 19.0 Å². The Bertz CT molecular complexity index is 1130. The lowest BCUT2D eigenvalue weighted by atomic mass is 9.88. The van der Waals surface area contributed by atoms with Gasteiger partial charge in [-0.1, -0.05) is 30.3 Å². The molecule has 2 fully saturated rings. The van der Waals surface area contributed by atoms with Crippen LogP contribution in [-0.4, -0.2) is 108 Å². The van der Waals surface area contributed by atoms with Gasteiger partial charge in [0.2, 0.25) is 5.91 Å². The lowest BCUT2D eigenvalue weighted by Gasteiger charge is -2.44. The van der Waals surface area contributed by atoms with Gasteiger partial charge >= 0.3 is 0 Å². The molecule has 2 aromatic rings. The highest BCUT2D eigenvalue weighted by molar-refractivity contribution is 7.82. The van der Waals surface area contributed by atoms with E-state index in [1.165, 1.54) is 12.0 Å². The lowest BCUT2D eigenvalue weighted by molar-refractivity contribution is -0.138. The number of ether oxygens (including phenoxy) is 2. The SMILES string of the molecule is COc1cc(C)c(S(=O)N(C)CCOCC(=O)N(C)[C@@H]2CCCC(N3CCN(Cc4ccccc4)CC3)C2)c(C)c1. The molecule has 3 atom stereocenters. The molecule has 1 saturated heterocycles. The van der Waals surface area contributed by atoms with E-state index in [0.717, 1.165) is 73.8 Å². The van der Waals surface area contributed by atoms with Crippen LogP contribution >= 0.6 is 0 Å². The number of carbonyl (C=O) groups excluding carboxylic acids is 1. The predicted molar refractivity (Wildman–Crippen MR) is 164 cm³/mol. The number of nitrogens with zero attached hydrogens (tertiary/aromatic N) is 4. The molecule has 0 aromatic heterocycles. The molecule has 2 aliphatic rings. The third-order valence-electron chi connectivity index (χ3n) is 8.64. The van der Waals surface area contributed by atoms with Gasteiger partial charge in [-0.05, 0) is 68.4 Å². The normalized spacial score (nSPS) is 21.1. The van der Waals surface area contributed by atoms with Gasteiger partial charge in [-0.2, -0.15) is 0 Å². The monoisotopic (exact) mass is 584 g/mol. The first-order chi connectivity index (χ1) is 19.8. The molecular weight excluding hydrogens is 536 g/mol. The summed E-state index contributed by atoms with van der Waals surface area (Å²) in [6.07, 6.45) is 4.45. The van der Waals surface area contributed by atoms with Gasteiger partial charge in [0.25, 0.3) is 0 Å². The number of aryl methyl sites for hydroxylation is 2. The maximum absolute atomic E-state index is 13.1. The van der Waals surface area contributed by atoms with Gasteiger partial charge in [0.15, 0.2) is 0 Å². The Kier molecular flexibility index (Phi) is 11.8. The molecule has 2 aromatic carbocycles. The number of likely N-dealkylation sites (N-methyl/N-ethyl adjacent to an activating group) is 2. The summed E-state index contributed by atoms with van der Waals surface area (Å²) in [5.41, 5.74) is 3.25. The van der Waals surface area contributed by atoms with E-state index in [2.05, 4.69) is 40.1 Å². The third kappa shape index (κ3) is 8.61. The Balaban J connectivity index is 1.17. The quantitative estimate of drug-likeness (QED) is 0.353. The van der Waals surface area contributed by atoms with Crippen LogP contribution in [0.2, 0.25) is 0 Å². The number of hydrogen-bond donors (Lipinski definition) is 0. The molecule has 0 N–H and O–H groups in total. The van der Waals surface area contributed by atoms with Crippen molar-refractivity contribution >= 4 is 16.9 Å². The van der Waals surface area contributed by atoms with Crippen LogP contribution in [0.25, 0.3) is 0 Å². The Morgan fingerprint density at radius 3 is 2.37 bits per heavy atom. The van der Waals surface area contributed by atoms with Crippen LogP contribution in [0.5, 0.6) is 5.75 Å². The molecule has 0 bridgehead atoms. The molecule has 4 rings (SSSR count).